The van der Waals surface area contributed by atoms with Crippen LogP contribution in [0.3, 0.4) is 0 Å². The van der Waals surface area contributed by atoms with E-state index in [4.69, 9.17) is 24.5 Å². The number of aromatic nitrogens is 1. The Morgan fingerprint density at radius 3 is 2.64 bits per heavy atom. The van der Waals surface area contributed by atoms with Crippen LogP contribution in [0.4, 0.5) is 20.6 Å². The van der Waals surface area contributed by atoms with Crippen LogP contribution in [-0.4, -0.2) is 74.6 Å². The van der Waals surface area contributed by atoms with E-state index in [-0.39, 0.29) is 11.8 Å². The van der Waals surface area contributed by atoms with E-state index in [2.05, 4.69) is 16.3 Å². The van der Waals surface area contributed by atoms with Gasteiger partial charge in [-0.25, -0.2) is 14.2 Å². The maximum Gasteiger partial charge on any atom is 0.322 e. The Kier molecular flexibility index (Phi) is 8.29. The standard InChI is InChI=1S/C29H34FN5O4/c1-19-13-25(30)26(33-29(36)35-6-3-21(18-35)20(2)16-31)15-24(19)22-14-27(34-7-11-38-12-8-34)28(32-17-22)39-23-4-9-37-10-5-23/h13-15,17,23H,3-12,18H2,1-2H3,(H,33,36)/b21-20-. The number of benzene rings is 1. The number of allylic oxidation sites excluding steroid dienone is 1. The third kappa shape index (κ3) is 6.15. The van der Waals surface area contributed by atoms with E-state index in [0.717, 1.165) is 53.9 Å². The normalized spacial score (nSPS) is 19.5. The number of amides is 2. The van der Waals surface area contributed by atoms with E-state index >= 15 is 0 Å². The van der Waals surface area contributed by atoms with E-state index < -0.39 is 11.8 Å². The number of rotatable bonds is 5. The number of ether oxygens (including phenoxy) is 3. The minimum Gasteiger partial charge on any atom is -0.473 e. The van der Waals surface area contributed by atoms with E-state index in [9.17, 15) is 9.18 Å². The molecular formula is C29H34FN5O4. The van der Waals surface area contributed by atoms with Crippen molar-refractivity contribution < 1.29 is 23.4 Å². The summed E-state index contributed by atoms with van der Waals surface area (Å²) in [6.45, 7) is 8.47. The Morgan fingerprint density at radius 2 is 1.90 bits per heavy atom. The van der Waals surface area contributed by atoms with Crippen LogP contribution in [0.5, 0.6) is 5.88 Å². The number of pyridine rings is 1. The van der Waals surface area contributed by atoms with Gasteiger partial charge in [0.25, 0.3) is 0 Å². The highest BCUT2D eigenvalue weighted by Crippen LogP contribution is 2.36. The Balaban J connectivity index is 1.41. The Hall–Kier alpha value is -3.68. The number of hydrogen-bond acceptors (Lipinski definition) is 7. The van der Waals surface area contributed by atoms with Gasteiger partial charge < -0.3 is 29.3 Å². The number of nitriles is 1. The highest BCUT2D eigenvalue weighted by molar-refractivity contribution is 5.91. The topological polar surface area (TPSA) is 100.0 Å². The fourth-order valence-electron chi connectivity index (χ4n) is 5.15. The molecule has 2 amide bonds. The quantitative estimate of drug-likeness (QED) is 0.556. The monoisotopic (exact) mass is 535 g/mol. The number of carbonyl (C=O) groups is 1. The average molecular weight is 536 g/mol. The summed E-state index contributed by atoms with van der Waals surface area (Å²) in [7, 11) is 0. The minimum atomic E-state index is -0.506. The molecule has 1 aromatic carbocycles. The van der Waals surface area contributed by atoms with Crippen molar-refractivity contribution >= 4 is 17.4 Å². The van der Waals surface area contributed by atoms with Crippen LogP contribution in [0, 0.1) is 24.1 Å². The van der Waals surface area contributed by atoms with E-state index in [1.165, 1.54) is 6.07 Å². The zero-order valence-electron chi connectivity index (χ0n) is 22.5. The van der Waals surface area contributed by atoms with Crippen molar-refractivity contribution in [1.82, 2.24) is 9.88 Å². The third-order valence-electron chi connectivity index (χ3n) is 7.55. The number of hydrogen-bond donors (Lipinski definition) is 1. The van der Waals surface area contributed by atoms with Gasteiger partial charge in [-0.05, 0) is 55.2 Å². The number of likely N-dealkylation sites (tertiary alicyclic amines) is 1. The first-order valence-electron chi connectivity index (χ1n) is 13.4. The number of nitrogens with zero attached hydrogens (tertiary/aromatic N) is 4. The molecule has 0 bridgehead atoms. The molecule has 0 atom stereocenters. The molecule has 9 nitrogen and oxygen atoms in total. The van der Waals surface area contributed by atoms with Gasteiger partial charge in [-0.1, -0.05) is 0 Å². The maximum absolute atomic E-state index is 15.0. The lowest BCUT2D eigenvalue weighted by atomic mass is 10.00. The van der Waals surface area contributed by atoms with Gasteiger partial charge in [-0.2, -0.15) is 5.26 Å². The number of morpholine rings is 1. The largest absolute Gasteiger partial charge is 0.473 e. The molecular weight excluding hydrogens is 501 g/mol. The molecule has 0 unspecified atom stereocenters. The highest BCUT2D eigenvalue weighted by atomic mass is 19.1. The molecule has 1 aromatic heterocycles. The second-order valence-corrected chi connectivity index (χ2v) is 10.2. The fourth-order valence-corrected chi connectivity index (χ4v) is 5.15. The average Bonchev–Trinajstić information content (AvgIpc) is 3.46. The summed E-state index contributed by atoms with van der Waals surface area (Å²) in [6, 6.07) is 6.87. The molecule has 3 fully saturated rings. The van der Waals surface area contributed by atoms with Crippen LogP contribution in [0.15, 0.2) is 35.5 Å². The zero-order chi connectivity index (χ0) is 27.4. The summed E-state index contributed by atoms with van der Waals surface area (Å²) < 4.78 is 32.3. The van der Waals surface area contributed by atoms with E-state index in [1.54, 1.807) is 24.1 Å². The Morgan fingerprint density at radius 1 is 1.15 bits per heavy atom. The minimum absolute atomic E-state index is 0.0455. The molecule has 206 valence electrons. The van der Waals surface area contributed by atoms with Crippen molar-refractivity contribution in [3.8, 4) is 23.1 Å². The lowest BCUT2D eigenvalue weighted by Crippen LogP contribution is -2.37. The lowest BCUT2D eigenvalue weighted by molar-refractivity contribution is 0.0238. The van der Waals surface area contributed by atoms with Crippen molar-refractivity contribution in [3.63, 3.8) is 0 Å². The predicted octanol–water partition coefficient (Wildman–Crippen LogP) is 4.67. The number of anilines is 2. The summed E-state index contributed by atoms with van der Waals surface area (Å²) in [6.07, 6.45) is 4.07. The van der Waals surface area contributed by atoms with Gasteiger partial charge in [0.15, 0.2) is 0 Å². The fraction of sp³-hybridized carbons (Fsp3) is 0.483. The van der Waals surface area contributed by atoms with Crippen molar-refractivity contribution in [2.45, 2.75) is 39.2 Å². The molecule has 0 saturated carbocycles. The molecule has 4 heterocycles. The van der Waals surface area contributed by atoms with Crippen LogP contribution in [-0.2, 0) is 9.47 Å². The van der Waals surface area contributed by atoms with E-state index in [0.29, 0.717) is 57.4 Å². The first kappa shape index (κ1) is 26.9. The van der Waals surface area contributed by atoms with Gasteiger partial charge in [0.1, 0.15) is 17.6 Å². The number of carbonyl (C=O) groups excluding carboxylic acids is 1. The van der Waals surface area contributed by atoms with Gasteiger partial charge >= 0.3 is 6.03 Å². The summed E-state index contributed by atoms with van der Waals surface area (Å²) >= 11 is 0. The van der Waals surface area contributed by atoms with Gasteiger partial charge in [-0.15, -0.1) is 0 Å². The third-order valence-corrected chi connectivity index (χ3v) is 7.55. The first-order chi connectivity index (χ1) is 18.9. The SMILES string of the molecule is C/C(C#N)=C1\CCN(C(=O)Nc2cc(-c3cnc(OC4CCOCC4)c(N4CCOCC4)c3)c(C)cc2F)C1. The van der Waals surface area contributed by atoms with Crippen LogP contribution >= 0.6 is 0 Å². The van der Waals surface area contributed by atoms with Crippen molar-refractivity contribution in [3.05, 3.63) is 46.9 Å². The molecule has 0 aliphatic carbocycles. The number of halogens is 1. The van der Waals surface area contributed by atoms with Gasteiger partial charge in [-0.3, -0.25) is 0 Å². The van der Waals surface area contributed by atoms with Crippen LogP contribution in [0.25, 0.3) is 11.1 Å². The highest BCUT2D eigenvalue weighted by Gasteiger charge is 2.25. The van der Waals surface area contributed by atoms with Crippen LogP contribution in [0.1, 0.15) is 31.7 Å². The predicted molar refractivity (Wildman–Crippen MR) is 145 cm³/mol. The van der Waals surface area contributed by atoms with Gasteiger partial charge in [0.05, 0.1) is 38.2 Å². The zero-order valence-corrected chi connectivity index (χ0v) is 22.5. The maximum atomic E-state index is 15.0. The molecule has 5 rings (SSSR count). The summed E-state index contributed by atoms with van der Waals surface area (Å²) in [4.78, 5) is 21.4. The molecule has 0 spiro atoms. The molecule has 10 heteroatoms. The molecule has 39 heavy (non-hydrogen) atoms. The summed E-state index contributed by atoms with van der Waals surface area (Å²) in [5.74, 6) is 0.0694. The molecule has 3 aliphatic rings. The van der Waals surface area contributed by atoms with Crippen molar-refractivity contribution in [2.24, 2.45) is 0 Å². The Bertz CT molecular complexity index is 1300. The van der Waals surface area contributed by atoms with Crippen LogP contribution < -0.4 is 15.0 Å². The number of nitrogens with one attached hydrogen (secondary N) is 1. The molecule has 0 radical (unpaired) electrons. The van der Waals surface area contributed by atoms with Crippen molar-refractivity contribution in [2.75, 3.05) is 62.8 Å². The molecule has 3 aliphatic heterocycles. The van der Waals surface area contributed by atoms with Crippen molar-refractivity contribution in [1.29, 1.82) is 5.26 Å². The second-order valence-electron chi connectivity index (χ2n) is 10.2. The van der Waals surface area contributed by atoms with E-state index in [1.807, 2.05) is 13.0 Å². The van der Waals surface area contributed by atoms with Crippen LogP contribution in [0.2, 0.25) is 0 Å². The van der Waals surface area contributed by atoms with Gasteiger partial charge in [0, 0.05) is 56.4 Å². The molecule has 3 saturated heterocycles. The lowest BCUT2D eigenvalue weighted by Gasteiger charge is -2.31. The smallest absolute Gasteiger partial charge is 0.322 e. The molecule has 1 N–H and O–H groups in total. The first-order valence-corrected chi connectivity index (χ1v) is 13.4. The molecule has 2 aromatic rings. The Labute approximate surface area is 228 Å². The summed E-state index contributed by atoms with van der Waals surface area (Å²) in [5.41, 5.74) is 4.85. The number of aryl methyl sites for hydroxylation is 1. The second kappa shape index (κ2) is 12.0. The summed E-state index contributed by atoms with van der Waals surface area (Å²) in [5, 5.41) is 11.9. The van der Waals surface area contributed by atoms with Gasteiger partial charge in [0.2, 0.25) is 5.88 Å². The number of urea groups is 1.